The minimum Gasteiger partial charge on any atom is -0.351 e. The summed E-state index contributed by atoms with van der Waals surface area (Å²) >= 11 is 0. The summed E-state index contributed by atoms with van der Waals surface area (Å²) in [6.07, 6.45) is 1.45. The van der Waals surface area contributed by atoms with E-state index in [2.05, 4.69) is 15.5 Å². The van der Waals surface area contributed by atoms with E-state index >= 15 is 0 Å². The summed E-state index contributed by atoms with van der Waals surface area (Å²) in [7, 11) is -2.95. The molecular formula is C15H24N4O3S. The van der Waals surface area contributed by atoms with Gasteiger partial charge in [0.15, 0.2) is 21.3 Å². The molecule has 1 amide bonds. The van der Waals surface area contributed by atoms with Crippen molar-refractivity contribution in [2.45, 2.75) is 45.7 Å². The molecule has 0 bridgehead atoms. The lowest BCUT2D eigenvalue weighted by molar-refractivity contribution is 0.0933. The van der Waals surface area contributed by atoms with Gasteiger partial charge in [0.25, 0.3) is 5.91 Å². The summed E-state index contributed by atoms with van der Waals surface area (Å²) in [5, 5.41) is 10.9. The lowest BCUT2D eigenvalue weighted by Crippen LogP contribution is -2.37. The first-order chi connectivity index (χ1) is 10.9. The third kappa shape index (κ3) is 4.40. The van der Waals surface area contributed by atoms with Gasteiger partial charge in [0.1, 0.15) is 0 Å². The van der Waals surface area contributed by atoms with Gasteiger partial charge in [-0.25, -0.2) is 8.42 Å². The van der Waals surface area contributed by atoms with Crippen LogP contribution in [-0.4, -0.2) is 54.7 Å². The van der Waals surface area contributed by atoms with Crippen LogP contribution in [0.4, 0.5) is 5.82 Å². The lowest BCUT2D eigenvalue weighted by atomic mass is 10.2. The van der Waals surface area contributed by atoms with Gasteiger partial charge < -0.3 is 10.2 Å². The first-order valence-electron chi connectivity index (χ1n) is 7.98. The molecule has 1 saturated heterocycles. The van der Waals surface area contributed by atoms with Gasteiger partial charge in [-0.1, -0.05) is 6.92 Å². The minimum atomic E-state index is -2.95. The van der Waals surface area contributed by atoms with Crippen molar-refractivity contribution in [3.63, 3.8) is 0 Å². The van der Waals surface area contributed by atoms with E-state index in [0.29, 0.717) is 18.8 Å². The molecule has 1 fully saturated rings. The van der Waals surface area contributed by atoms with Crippen molar-refractivity contribution in [3.8, 4) is 0 Å². The van der Waals surface area contributed by atoms with Crippen molar-refractivity contribution in [1.82, 2.24) is 15.5 Å². The van der Waals surface area contributed by atoms with E-state index < -0.39 is 9.84 Å². The van der Waals surface area contributed by atoms with Crippen molar-refractivity contribution in [1.29, 1.82) is 0 Å². The van der Waals surface area contributed by atoms with Gasteiger partial charge in [0.2, 0.25) is 0 Å². The molecule has 1 N–H and O–H groups in total. The number of carbonyl (C=O) groups is 1. The average Bonchev–Trinajstić information content (AvgIpc) is 2.88. The monoisotopic (exact) mass is 340 g/mol. The van der Waals surface area contributed by atoms with Crippen LogP contribution < -0.4 is 10.2 Å². The summed E-state index contributed by atoms with van der Waals surface area (Å²) in [5.74, 6) is 0.732. The van der Waals surface area contributed by atoms with Crippen molar-refractivity contribution in [3.05, 3.63) is 17.8 Å². The Morgan fingerprint density at radius 1 is 1.39 bits per heavy atom. The molecule has 1 aliphatic rings. The minimum absolute atomic E-state index is 0.0703. The third-order valence-corrected chi connectivity index (χ3v) is 5.91. The van der Waals surface area contributed by atoms with Gasteiger partial charge in [0.05, 0.1) is 11.5 Å². The number of hydrogen-bond acceptors (Lipinski definition) is 6. The number of anilines is 1. The summed E-state index contributed by atoms with van der Waals surface area (Å²) < 4.78 is 23.3. The number of sulfone groups is 1. The molecule has 1 aliphatic heterocycles. The highest BCUT2D eigenvalue weighted by Crippen LogP contribution is 2.22. The average molecular weight is 340 g/mol. The van der Waals surface area contributed by atoms with E-state index in [1.807, 2.05) is 25.7 Å². The van der Waals surface area contributed by atoms with Crippen LogP contribution in [0.15, 0.2) is 12.1 Å². The highest BCUT2D eigenvalue weighted by Gasteiger charge is 2.32. The fourth-order valence-electron chi connectivity index (χ4n) is 2.63. The molecule has 128 valence electrons. The van der Waals surface area contributed by atoms with Gasteiger partial charge in [0, 0.05) is 18.6 Å². The molecule has 2 atom stereocenters. The number of nitrogens with zero attached hydrogens (tertiary/aromatic N) is 3. The Morgan fingerprint density at radius 2 is 2.13 bits per heavy atom. The SMILES string of the molecule is CCC(C)NC(=O)c1ccc(N(CC)C2CCS(=O)(=O)C2)nn1. The summed E-state index contributed by atoms with van der Waals surface area (Å²) in [6.45, 7) is 6.52. The fraction of sp³-hybridized carbons (Fsp3) is 0.667. The van der Waals surface area contributed by atoms with E-state index in [1.165, 1.54) is 0 Å². The maximum Gasteiger partial charge on any atom is 0.272 e. The van der Waals surface area contributed by atoms with Gasteiger partial charge in [-0.2, -0.15) is 0 Å². The van der Waals surface area contributed by atoms with E-state index in [0.717, 1.165) is 6.42 Å². The second kappa shape index (κ2) is 7.25. The number of aromatic nitrogens is 2. The second-order valence-electron chi connectivity index (χ2n) is 5.90. The fourth-order valence-corrected chi connectivity index (χ4v) is 4.36. The molecule has 0 spiro atoms. The number of amides is 1. The Morgan fingerprint density at radius 3 is 2.61 bits per heavy atom. The van der Waals surface area contributed by atoms with Gasteiger partial charge >= 0.3 is 0 Å². The van der Waals surface area contributed by atoms with Crippen LogP contribution in [0.25, 0.3) is 0 Å². The molecule has 8 heteroatoms. The topological polar surface area (TPSA) is 92.3 Å². The van der Waals surface area contributed by atoms with Crippen LogP contribution in [-0.2, 0) is 9.84 Å². The Labute approximate surface area is 137 Å². The van der Waals surface area contributed by atoms with E-state index in [9.17, 15) is 13.2 Å². The van der Waals surface area contributed by atoms with Gasteiger partial charge in [-0.3, -0.25) is 4.79 Å². The lowest BCUT2D eigenvalue weighted by Gasteiger charge is -2.27. The Hall–Kier alpha value is -1.70. The van der Waals surface area contributed by atoms with Crippen molar-refractivity contribution in [2.24, 2.45) is 0 Å². The Kier molecular flexibility index (Phi) is 5.56. The Balaban J connectivity index is 2.10. The van der Waals surface area contributed by atoms with Crippen LogP contribution in [0.2, 0.25) is 0 Å². The third-order valence-electron chi connectivity index (χ3n) is 4.16. The Bertz CT molecular complexity index is 645. The number of nitrogens with one attached hydrogen (secondary N) is 1. The van der Waals surface area contributed by atoms with Crippen LogP contribution >= 0.6 is 0 Å². The van der Waals surface area contributed by atoms with E-state index in [4.69, 9.17) is 0 Å². The summed E-state index contributed by atoms with van der Waals surface area (Å²) in [5.41, 5.74) is 0.268. The number of rotatable bonds is 6. The molecule has 0 saturated carbocycles. The summed E-state index contributed by atoms with van der Waals surface area (Å²) in [6, 6.07) is 3.37. The highest BCUT2D eigenvalue weighted by atomic mass is 32.2. The number of carbonyl (C=O) groups excluding carboxylic acids is 1. The molecular weight excluding hydrogens is 316 g/mol. The first-order valence-corrected chi connectivity index (χ1v) is 9.80. The van der Waals surface area contributed by atoms with Crippen LogP contribution in [0.5, 0.6) is 0 Å². The van der Waals surface area contributed by atoms with Crippen molar-refractivity contribution in [2.75, 3.05) is 23.0 Å². The normalized spacial score (nSPS) is 20.9. The zero-order chi connectivity index (χ0) is 17.0. The molecule has 0 aromatic carbocycles. The quantitative estimate of drug-likeness (QED) is 0.831. The van der Waals surface area contributed by atoms with E-state index in [-0.39, 0.29) is 35.2 Å². The van der Waals surface area contributed by atoms with Crippen molar-refractivity contribution < 1.29 is 13.2 Å². The molecule has 0 aliphatic carbocycles. The van der Waals surface area contributed by atoms with Crippen LogP contribution in [0, 0.1) is 0 Å². The molecule has 1 aromatic rings. The molecule has 2 heterocycles. The van der Waals surface area contributed by atoms with E-state index in [1.54, 1.807) is 12.1 Å². The van der Waals surface area contributed by atoms with Crippen molar-refractivity contribution >= 4 is 21.6 Å². The molecule has 2 unspecified atom stereocenters. The molecule has 7 nitrogen and oxygen atoms in total. The smallest absolute Gasteiger partial charge is 0.272 e. The predicted octanol–water partition coefficient (Wildman–Crippen LogP) is 1.02. The van der Waals surface area contributed by atoms with Gasteiger partial charge in [-0.15, -0.1) is 10.2 Å². The van der Waals surface area contributed by atoms with Crippen LogP contribution in [0.1, 0.15) is 44.1 Å². The van der Waals surface area contributed by atoms with Crippen LogP contribution in [0.3, 0.4) is 0 Å². The molecule has 1 aromatic heterocycles. The largest absolute Gasteiger partial charge is 0.351 e. The number of hydrogen-bond donors (Lipinski definition) is 1. The molecule has 0 radical (unpaired) electrons. The standard InChI is InChI=1S/C15H24N4O3S/c1-4-11(3)16-15(20)13-6-7-14(18-17-13)19(5-2)12-8-9-23(21,22)10-12/h6-7,11-12H,4-5,8-10H2,1-3H3,(H,16,20). The maximum atomic E-state index is 12.0. The predicted molar refractivity (Wildman–Crippen MR) is 89.3 cm³/mol. The molecule has 23 heavy (non-hydrogen) atoms. The zero-order valence-electron chi connectivity index (χ0n) is 13.8. The first kappa shape index (κ1) is 17.7. The van der Waals surface area contributed by atoms with Gasteiger partial charge in [-0.05, 0) is 38.8 Å². The second-order valence-corrected chi connectivity index (χ2v) is 8.13. The highest BCUT2D eigenvalue weighted by molar-refractivity contribution is 7.91. The maximum absolute atomic E-state index is 12.0. The molecule has 2 rings (SSSR count). The zero-order valence-corrected chi connectivity index (χ0v) is 14.6. The summed E-state index contributed by atoms with van der Waals surface area (Å²) in [4.78, 5) is 13.9.